The zero-order valence-corrected chi connectivity index (χ0v) is 24.4. The number of aryl methyl sites for hydroxylation is 1. The average molecular weight is 588 g/mol. The van der Waals surface area contributed by atoms with Crippen molar-refractivity contribution in [1.29, 1.82) is 0 Å². The van der Waals surface area contributed by atoms with Gasteiger partial charge in [0.2, 0.25) is 5.76 Å². The number of nitrogens with zero attached hydrogens (tertiary/aromatic N) is 3. The molecule has 0 fully saturated rings. The second-order valence-corrected chi connectivity index (χ2v) is 11.3. The molecule has 5 rings (SSSR count). The summed E-state index contributed by atoms with van der Waals surface area (Å²) in [6, 6.07) is 21.4. The zero-order valence-electron chi connectivity index (χ0n) is 24.4. The molecular weight excluding hydrogens is 555 g/mol. The van der Waals surface area contributed by atoms with Gasteiger partial charge in [0.05, 0.1) is 23.0 Å². The third-order valence-corrected chi connectivity index (χ3v) is 7.87. The SMILES string of the molecule is Cc1nc2cccnc2c(CN(Cc2ccc(-c3cccc(C(C)(C)C(=O)O)c3)cc2)Cc2ccc(C(F)(F)F)o2)c1C. The number of furan rings is 1. The Balaban J connectivity index is 1.45. The second-order valence-electron chi connectivity index (χ2n) is 11.3. The molecule has 0 aliphatic heterocycles. The predicted octanol–water partition coefficient (Wildman–Crippen LogP) is 8.09. The van der Waals surface area contributed by atoms with Crippen LogP contribution in [0.15, 0.2) is 83.4 Å². The van der Waals surface area contributed by atoms with E-state index in [9.17, 15) is 23.1 Å². The van der Waals surface area contributed by atoms with Crippen molar-refractivity contribution in [2.24, 2.45) is 0 Å². The molecule has 0 saturated carbocycles. The number of aromatic nitrogens is 2. The van der Waals surface area contributed by atoms with Crippen molar-refractivity contribution in [3.63, 3.8) is 0 Å². The number of pyridine rings is 2. The van der Waals surface area contributed by atoms with Crippen LogP contribution in [0.2, 0.25) is 0 Å². The van der Waals surface area contributed by atoms with Gasteiger partial charge in [0.15, 0.2) is 0 Å². The molecule has 3 heterocycles. The molecule has 0 spiro atoms. The monoisotopic (exact) mass is 587 g/mol. The summed E-state index contributed by atoms with van der Waals surface area (Å²) in [7, 11) is 0. The third kappa shape index (κ3) is 6.46. The van der Waals surface area contributed by atoms with E-state index in [1.165, 1.54) is 6.07 Å². The highest BCUT2D eigenvalue weighted by molar-refractivity contribution is 5.81. The number of halogens is 3. The van der Waals surface area contributed by atoms with Crippen molar-refractivity contribution in [3.8, 4) is 11.1 Å². The number of hydrogen-bond acceptors (Lipinski definition) is 5. The van der Waals surface area contributed by atoms with Gasteiger partial charge in [-0.25, -0.2) is 0 Å². The van der Waals surface area contributed by atoms with Crippen molar-refractivity contribution in [3.05, 3.63) is 118 Å². The number of alkyl halides is 3. The van der Waals surface area contributed by atoms with Gasteiger partial charge in [0, 0.05) is 25.0 Å². The lowest BCUT2D eigenvalue weighted by Gasteiger charge is -2.24. The van der Waals surface area contributed by atoms with Gasteiger partial charge < -0.3 is 9.52 Å². The molecule has 1 N–H and O–H groups in total. The largest absolute Gasteiger partial charge is 0.481 e. The van der Waals surface area contributed by atoms with Crippen molar-refractivity contribution in [2.45, 2.75) is 58.9 Å². The molecule has 2 aromatic carbocycles. The lowest BCUT2D eigenvalue weighted by Crippen LogP contribution is -2.28. The molecule has 3 aromatic heterocycles. The van der Waals surface area contributed by atoms with Crippen molar-refractivity contribution in [1.82, 2.24) is 14.9 Å². The van der Waals surface area contributed by atoms with Crippen LogP contribution in [-0.4, -0.2) is 25.9 Å². The van der Waals surface area contributed by atoms with E-state index in [1.807, 2.05) is 79.4 Å². The molecule has 0 aliphatic carbocycles. The summed E-state index contributed by atoms with van der Waals surface area (Å²) in [4.78, 5) is 23.0. The molecule has 43 heavy (non-hydrogen) atoms. The summed E-state index contributed by atoms with van der Waals surface area (Å²) in [5.41, 5.74) is 6.76. The van der Waals surface area contributed by atoms with Gasteiger partial charge in [-0.2, -0.15) is 13.2 Å². The Kier molecular flexibility index (Phi) is 8.12. The van der Waals surface area contributed by atoms with Crippen LogP contribution in [0, 0.1) is 13.8 Å². The quantitative estimate of drug-likeness (QED) is 0.188. The summed E-state index contributed by atoms with van der Waals surface area (Å²) in [5, 5.41) is 9.65. The number of fused-ring (bicyclic) bond motifs is 1. The number of aliphatic carboxylic acids is 1. The van der Waals surface area contributed by atoms with Gasteiger partial charge in [-0.1, -0.05) is 48.5 Å². The van der Waals surface area contributed by atoms with E-state index >= 15 is 0 Å². The van der Waals surface area contributed by atoms with Gasteiger partial charge >= 0.3 is 12.1 Å². The number of carbonyl (C=O) groups is 1. The minimum Gasteiger partial charge on any atom is -0.481 e. The Morgan fingerprint density at radius 1 is 0.907 bits per heavy atom. The Bertz CT molecular complexity index is 1780. The van der Waals surface area contributed by atoms with E-state index in [2.05, 4.69) is 9.97 Å². The van der Waals surface area contributed by atoms with Crippen LogP contribution in [0.4, 0.5) is 13.2 Å². The van der Waals surface area contributed by atoms with E-state index in [0.717, 1.165) is 50.6 Å². The molecular formula is C34H32F3N3O3. The molecule has 222 valence electrons. The number of benzene rings is 2. The van der Waals surface area contributed by atoms with E-state index in [1.54, 1.807) is 20.0 Å². The number of carboxylic acid groups (broad SMARTS) is 1. The Morgan fingerprint density at radius 2 is 1.65 bits per heavy atom. The van der Waals surface area contributed by atoms with E-state index in [0.29, 0.717) is 18.7 Å². The highest BCUT2D eigenvalue weighted by atomic mass is 19.4. The highest BCUT2D eigenvalue weighted by Gasteiger charge is 2.35. The molecule has 0 radical (unpaired) electrons. The molecule has 0 aliphatic rings. The summed E-state index contributed by atoms with van der Waals surface area (Å²) in [6.45, 7) is 8.26. The van der Waals surface area contributed by atoms with Crippen LogP contribution in [0.25, 0.3) is 22.2 Å². The first-order chi connectivity index (χ1) is 20.3. The summed E-state index contributed by atoms with van der Waals surface area (Å²) >= 11 is 0. The maximum absolute atomic E-state index is 13.3. The molecule has 0 unspecified atom stereocenters. The highest BCUT2D eigenvalue weighted by Crippen LogP contribution is 2.32. The number of rotatable bonds is 9. The molecule has 0 amide bonds. The third-order valence-electron chi connectivity index (χ3n) is 7.87. The fraction of sp³-hybridized carbons (Fsp3) is 0.265. The van der Waals surface area contributed by atoms with Crippen LogP contribution in [0.3, 0.4) is 0 Å². The minimum atomic E-state index is -4.56. The summed E-state index contributed by atoms with van der Waals surface area (Å²) < 4.78 is 45.0. The van der Waals surface area contributed by atoms with Gasteiger partial charge in [0.25, 0.3) is 0 Å². The molecule has 0 bridgehead atoms. The first kappa shape index (κ1) is 30.0. The average Bonchev–Trinajstić information content (AvgIpc) is 3.45. The van der Waals surface area contributed by atoms with Gasteiger partial charge in [0.1, 0.15) is 5.76 Å². The normalized spacial score (nSPS) is 12.3. The fourth-order valence-electron chi connectivity index (χ4n) is 5.07. The Morgan fingerprint density at radius 3 is 2.33 bits per heavy atom. The lowest BCUT2D eigenvalue weighted by atomic mass is 9.83. The minimum absolute atomic E-state index is 0.152. The van der Waals surface area contributed by atoms with Gasteiger partial charge in [-0.05, 0) is 85.3 Å². The molecule has 9 heteroatoms. The van der Waals surface area contributed by atoms with Gasteiger partial charge in [-0.15, -0.1) is 0 Å². The maximum atomic E-state index is 13.3. The summed E-state index contributed by atoms with van der Waals surface area (Å²) in [6.07, 6.45) is -2.85. The van der Waals surface area contributed by atoms with Crippen LogP contribution in [0.5, 0.6) is 0 Å². The topological polar surface area (TPSA) is 79.5 Å². The lowest BCUT2D eigenvalue weighted by molar-refractivity contribution is -0.153. The van der Waals surface area contributed by atoms with Crippen molar-refractivity contribution in [2.75, 3.05) is 0 Å². The predicted molar refractivity (Wildman–Crippen MR) is 158 cm³/mol. The smallest absolute Gasteiger partial charge is 0.449 e. The maximum Gasteiger partial charge on any atom is 0.449 e. The second kappa shape index (κ2) is 11.6. The standard InChI is InChI=1S/C34H32F3N3O3/c1-21-22(2)39-29-9-6-16-38-31(29)28(21)20-40(19-27-14-15-30(43-27)34(35,36)37)18-23-10-12-24(13-11-23)25-7-5-8-26(17-25)33(3,4)32(41)42/h5-17H,18-20H2,1-4H3,(H,41,42). The Hall–Kier alpha value is -4.50. The molecule has 6 nitrogen and oxygen atoms in total. The van der Waals surface area contributed by atoms with E-state index in [-0.39, 0.29) is 12.3 Å². The van der Waals surface area contributed by atoms with Crippen LogP contribution in [-0.2, 0) is 36.0 Å². The van der Waals surface area contributed by atoms with Crippen LogP contribution >= 0.6 is 0 Å². The first-order valence-electron chi connectivity index (χ1n) is 13.9. The first-order valence-corrected chi connectivity index (χ1v) is 13.9. The van der Waals surface area contributed by atoms with Crippen molar-refractivity contribution >= 4 is 17.0 Å². The molecule has 0 atom stereocenters. The van der Waals surface area contributed by atoms with E-state index < -0.39 is 23.3 Å². The van der Waals surface area contributed by atoms with Crippen LogP contribution in [0.1, 0.15) is 53.3 Å². The number of carboxylic acids is 1. The number of hydrogen-bond donors (Lipinski definition) is 1. The fourth-order valence-corrected chi connectivity index (χ4v) is 5.07. The summed E-state index contributed by atoms with van der Waals surface area (Å²) in [5.74, 6) is -1.72. The van der Waals surface area contributed by atoms with E-state index in [4.69, 9.17) is 4.42 Å². The van der Waals surface area contributed by atoms with Gasteiger partial charge in [-0.3, -0.25) is 19.7 Å². The van der Waals surface area contributed by atoms with Crippen molar-refractivity contribution < 1.29 is 27.5 Å². The Labute approximate surface area is 247 Å². The molecule has 5 aromatic rings. The van der Waals surface area contributed by atoms with Crippen LogP contribution < -0.4 is 0 Å². The zero-order chi connectivity index (χ0) is 30.9. The molecule has 0 saturated heterocycles.